The first-order valence-electron chi connectivity index (χ1n) is 5.38. The number of amides is 2. The molecule has 0 heterocycles. The van der Waals surface area contributed by atoms with Crippen molar-refractivity contribution < 1.29 is 9.59 Å². The topological polar surface area (TPSA) is 98.2 Å². The molecule has 1 aromatic rings. The lowest BCUT2D eigenvalue weighted by Crippen LogP contribution is -2.34. The molecule has 0 radical (unpaired) electrons. The lowest BCUT2D eigenvalue weighted by atomic mass is 10.0. The molecular formula is C12H17N3O2. The van der Waals surface area contributed by atoms with E-state index < -0.39 is 5.91 Å². The van der Waals surface area contributed by atoms with E-state index in [2.05, 4.69) is 5.32 Å². The summed E-state index contributed by atoms with van der Waals surface area (Å²) >= 11 is 0. The van der Waals surface area contributed by atoms with Gasteiger partial charge < -0.3 is 16.8 Å². The molecule has 1 rings (SSSR count). The number of benzene rings is 1. The summed E-state index contributed by atoms with van der Waals surface area (Å²) in [4.78, 5) is 22.9. The Morgan fingerprint density at radius 3 is 2.35 bits per heavy atom. The van der Waals surface area contributed by atoms with Gasteiger partial charge in [-0.3, -0.25) is 9.59 Å². The molecule has 0 aliphatic rings. The lowest BCUT2D eigenvalue weighted by Gasteiger charge is -2.16. The molecule has 0 fully saturated rings. The highest BCUT2D eigenvalue weighted by Crippen LogP contribution is 2.15. The lowest BCUT2D eigenvalue weighted by molar-refractivity contribution is -0.119. The Balaban J connectivity index is 2.89. The van der Waals surface area contributed by atoms with E-state index in [9.17, 15) is 9.59 Å². The molecule has 17 heavy (non-hydrogen) atoms. The Morgan fingerprint density at radius 2 is 1.82 bits per heavy atom. The Bertz CT molecular complexity index is 430. The second-order valence-electron chi connectivity index (χ2n) is 4.05. The fourth-order valence-electron chi connectivity index (χ4n) is 1.29. The fraction of sp³-hybridized carbons (Fsp3) is 0.333. The molecule has 0 aromatic heterocycles. The van der Waals surface area contributed by atoms with Crippen molar-refractivity contribution in [3.63, 3.8) is 0 Å². The predicted molar refractivity (Wildman–Crippen MR) is 66.4 cm³/mol. The summed E-state index contributed by atoms with van der Waals surface area (Å²) in [6.45, 7) is 3.48. The van der Waals surface area contributed by atoms with Crippen LogP contribution in [-0.4, -0.2) is 17.9 Å². The predicted octanol–water partition coefficient (Wildman–Crippen LogP) is 0.707. The Kier molecular flexibility index (Phi) is 4.23. The molecule has 0 aliphatic heterocycles. The van der Waals surface area contributed by atoms with E-state index in [1.807, 2.05) is 0 Å². The second-order valence-corrected chi connectivity index (χ2v) is 4.05. The molecule has 2 atom stereocenters. The maximum atomic E-state index is 11.8. The van der Waals surface area contributed by atoms with Gasteiger partial charge in [0.1, 0.15) is 0 Å². The van der Waals surface area contributed by atoms with Gasteiger partial charge in [0.15, 0.2) is 0 Å². The molecule has 5 N–H and O–H groups in total. The second kappa shape index (κ2) is 5.45. The number of nitrogens with one attached hydrogen (secondary N) is 1. The third kappa shape index (κ3) is 3.29. The first-order chi connectivity index (χ1) is 7.93. The normalized spacial score (nSPS) is 13.8. The van der Waals surface area contributed by atoms with Crippen LogP contribution in [0.1, 0.15) is 24.2 Å². The van der Waals surface area contributed by atoms with Gasteiger partial charge in [0.2, 0.25) is 5.91 Å². The van der Waals surface area contributed by atoms with Crippen molar-refractivity contribution in [1.29, 1.82) is 0 Å². The molecule has 92 valence electrons. The SMILES string of the molecule is CC(N)C(C)C(=O)Nc1ccccc1C(N)=O. The van der Waals surface area contributed by atoms with Crippen LogP contribution in [0.15, 0.2) is 24.3 Å². The van der Waals surface area contributed by atoms with Crippen LogP contribution in [0.2, 0.25) is 0 Å². The average molecular weight is 235 g/mol. The van der Waals surface area contributed by atoms with Gasteiger partial charge in [0.25, 0.3) is 5.91 Å². The third-order valence-electron chi connectivity index (χ3n) is 2.65. The van der Waals surface area contributed by atoms with Gasteiger partial charge in [0.05, 0.1) is 17.2 Å². The Labute approximate surface area is 100 Å². The summed E-state index contributed by atoms with van der Waals surface area (Å²) in [5, 5.41) is 2.65. The molecule has 0 saturated heterocycles. The van der Waals surface area contributed by atoms with Crippen molar-refractivity contribution in [1.82, 2.24) is 0 Å². The van der Waals surface area contributed by atoms with Gasteiger partial charge in [-0.15, -0.1) is 0 Å². The van der Waals surface area contributed by atoms with Crippen LogP contribution in [0.4, 0.5) is 5.69 Å². The monoisotopic (exact) mass is 235 g/mol. The molecule has 0 spiro atoms. The minimum absolute atomic E-state index is 0.228. The van der Waals surface area contributed by atoms with Crippen molar-refractivity contribution in [3.05, 3.63) is 29.8 Å². The Morgan fingerprint density at radius 1 is 1.24 bits per heavy atom. The van der Waals surface area contributed by atoms with E-state index in [1.165, 1.54) is 0 Å². The van der Waals surface area contributed by atoms with E-state index in [-0.39, 0.29) is 23.4 Å². The molecule has 2 amide bonds. The summed E-state index contributed by atoms with van der Waals surface area (Å²) in [5.74, 6) is -1.14. The minimum atomic E-state index is -0.575. The molecule has 1 aromatic carbocycles. The van der Waals surface area contributed by atoms with Gasteiger partial charge in [-0.1, -0.05) is 19.1 Å². The summed E-state index contributed by atoms with van der Waals surface area (Å²) in [5.41, 5.74) is 11.6. The molecular weight excluding hydrogens is 218 g/mol. The van der Waals surface area contributed by atoms with Gasteiger partial charge in [-0.25, -0.2) is 0 Å². The van der Waals surface area contributed by atoms with Crippen LogP contribution < -0.4 is 16.8 Å². The number of anilines is 1. The van der Waals surface area contributed by atoms with Crippen molar-refractivity contribution in [2.75, 3.05) is 5.32 Å². The van der Waals surface area contributed by atoms with Crippen LogP contribution in [0.25, 0.3) is 0 Å². The number of primary amides is 1. The van der Waals surface area contributed by atoms with Crippen molar-refractivity contribution >= 4 is 17.5 Å². The highest BCUT2D eigenvalue weighted by molar-refractivity contribution is 6.03. The summed E-state index contributed by atoms with van der Waals surface area (Å²) in [7, 11) is 0. The van der Waals surface area contributed by atoms with Crippen LogP contribution in [0.5, 0.6) is 0 Å². The first-order valence-corrected chi connectivity index (χ1v) is 5.38. The summed E-state index contributed by atoms with van der Waals surface area (Å²) in [6.07, 6.45) is 0. The number of hydrogen-bond donors (Lipinski definition) is 3. The van der Waals surface area contributed by atoms with E-state index in [0.717, 1.165) is 0 Å². The van der Waals surface area contributed by atoms with Crippen molar-refractivity contribution in [2.24, 2.45) is 17.4 Å². The fourth-order valence-corrected chi connectivity index (χ4v) is 1.29. The zero-order valence-electron chi connectivity index (χ0n) is 9.94. The molecule has 0 aliphatic carbocycles. The van der Waals surface area contributed by atoms with Crippen molar-refractivity contribution in [3.8, 4) is 0 Å². The minimum Gasteiger partial charge on any atom is -0.366 e. The van der Waals surface area contributed by atoms with Gasteiger partial charge in [-0.05, 0) is 19.1 Å². The van der Waals surface area contributed by atoms with Gasteiger partial charge in [-0.2, -0.15) is 0 Å². The quantitative estimate of drug-likeness (QED) is 0.716. The van der Waals surface area contributed by atoms with E-state index in [1.54, 1.807) is 38.1 Å². The summed E-state index contributed by atoms with van der Waals surface area (Å²) < 4.78 is 0. The smallest absolute Gasteiger partial charge is 0.250 e. The van der Waals surface area contributed by atoms with Crippen LogP contribution in [0, 0.1) is 5.92 Å². The van der Waals surface area contributed by atoms with E-state index in [4.69, 9.17) is 11.5 Å². The third-order valence-corrected chi connectivity index (χ3v) is 2.65. The largest absolute Gasteiger partial charge is 0.366 e. The molecule has 5 heteroatoms. The highest BCUT2D eigenvalue weighted by Gasteiger charge is 2.18. The van der Waals surface area contributed by atoms with Crippen molar-refractivity contribution in [2.45, 2.75) is 19.9 Å². The van der Waals surface area contributed by atoms with E-state index >= 15 is 0 Å². The number of para-hydroxylation sites is 1. The maximum absolute atomic E-state index is 11.8. The standard InChI is InChI=1S/C12H17N3O2/c1-7(8(2)13)12(17)15-10-6-4-3-5-9(10)11(14)16/h3-8H,13H2,1-2H3,(H2,14,16)(H,15,17). The Hall–Kier alpha value is -1.88. The number of hydrogen-bond acceptors (Lipinski definition) is 3. The molecule has 0 bridgehead atoms. The number of carbonyl (C=O) groups is 2. The summed E-state index contributed by atoms with van der Waals surface area (Å²) in [6, 6.07) is 6.35. The first kappa shape index (κ1) is 13.2. The van der Waals surface area contributed by atoms with Crippen LogP contribution in [0.3, 0.4) is 0 Å². The number of carbonyl (C=O) groups excluding carboxylic acids is 2. The molecule has 0 saturated carbocycles. The molecule has 2 unspecified atom stereocenters. The van der Waals surface area contributed by atoms with Gasteiger partial charge in [0, 0.05) is 6.04 Å². The maximum Gasteiger partial charge on any atom is 0.250 e. The highest BCUT2D eigenvalue weighted by atomic mass is 16.2. The van der Waals surface area contributed by atoms with E-state index in [0.29, 0.717) is 5.69 Å². The molecule has 5 nitrogen and oxygen atoms in total. The average Bonchev–Trinajstić information content (AvgIpc) is 2.28. The number of rotatable bonds is 4. The van der Waals surface area contributed by atoms with Gasteiger partial charge >= 0.3 is 0 Å². The van der Waals surface area contributed by atoms with Crippen LogP contribution in [-0.2, 0) is 4.79 Å². The number of nitrogens with two attached hydrogens (primary N) is 2. The zero-order chi connectivity index (χ0) is 13.0. The zero-order valence-corrected chi connectivity index (χ0v) is 9.94. The van der Waals surface area contributed by atoms with Crippen LogP contribution >= 0.6 is 0 Å².